The van der Waals surface area contributed by atoms with Gasteiger partial charge in [-0.15, -0.1) is 0 Å². The van der Waals surface area contributed by atoms with Gasteiger partial charge in [-0.2, -0.15) is 5.10 Å². The van der Waals surface area contributed by atoms with Gasteiger partial charge in [-0.1, -0.05) is 13.0 Å². The quantitative estimate of drug-likeness (QED) is 0.671. The van der Waals surface area contributed by atoms with Crippen LogP contribution >= 0.6 is 0 Å². The van der Waals surface area contributed by atoms with E-state index in [9.17, 15) is 0 Å². The van der Waals surface area contributed by atoms with Crippen LogP contribution in [-0.2, 0) is 6.42 Å². The van der Waals surface area contributed by atoms with Gasteiger partial charge >= 0.3 is 0 Å². The molecule has 3 rings (SSSR count). The lowest BCUT2D eigenvalue weighted by atomic mass is 10.1. The molecule has 0 N–H and O–H groups in total. The van der Waals surface area contributed by atoms with Crippen molar-refractivity contribution >= 4 is 5.52 Å². The van der Waals surface area contributed by atoms with Gasteiger partial charge in [-0.25, -0.2) is 14.5 Å². The molecule has 0 aliphatic carbocycles. The molecule has 0 saturated heterocycles. The fourth-order valence-corrected chi connectivity index (χ4v) is 1.93. The molecule has 84 valence electrons. The first-order valence-electron chi connectivity index (χ1n) is 5.60. The van der Waals surface area contributed by atoms with E-state index in [1.54, 1.807) is 12.4 Å². The Morgan fingerprint density at radius 2 is 1.88 bits per heavy atom. The second-order valence-electron chi connectivity index (χ2n) is 3.90. The number of nitrogens with zero attached hydrogens (tertiary/aromatic N) is 4. The third kappa shape index (κ3) is 1.67. The molecule has 4 nitrogen and oxygen atoms in total. The van der Waals surface area contributed by atoms with Gasteiger partial charge in [-0.05, 0) is 18.1 Å². The molecule has 0 saturated carbocycles. The molecule has 3 aromatic rings. The Bertz CT molecular complexity index is 643. The standard InChI is InChI=1S/C13H12N4/c1-2-10-7-16-17-8-11(3-4-13(10)17)12-5-14-9-15-6-12/h3-9H,2H2,1H3. The number of aryl methyl sites for hydroxylation is 1. The Morgan fingerprint density at radius 1 is 1.06 bits per heavy atom. The fourth-order valence-electron chi connectivity index (χ4n) is 1.93. The molecule has 0 amide bonds. The second kappa shape index (κ2) is 3.97. The summed E-state index contributed by atoms with van der Waals surface area (Å²) in [6, 6.07) is 4.17. The molecule has 0 spiro atoms. The van der Waals surface area contributed by atoms with Crippen molar-refractivity contribution < 1.29 is 0 Å². The van der Waals surface area contributed by atoms with Crippen molar-refractivity contribution in [3.63, 3.8) is 0 Å². The maximum absolute atomic E-state index is 4.35. The molecular formula is C13H12N4. The Kier molecular flexibility index (Phi) is 2.33. The van der Waals surface area contributed by atoms with Crippen LogP contribution in [-0.4, -0.2) is 19.6 Å². The first-order chi connectivity index (χ1) is 8.38. The summed E-state index contributed by atoms with van der Waals surface area (Å²) in [5, 5.41) is 4.35. The summed E-state index contributed by atoms with van der Waals surface area (Å²) in [6.45, 7) is 2.13. The van der Waals surface area contributed by atoms with Crippen molar-refractivity contribution in [2.45, 2.75) is 13.3 Å². The van der Waals surface area contributed by atoms with Crippen LogP contribution in [0.3, 0.4) is 0 Å². The van der Waals surface area contributed by atoms with Crippen molar-refractivity contribution in [1.29, 1.82) is 0 Å². The monoisotopic (exact) mass is 224 g/mol. The smallest absolute Gasteiger partial charge is 0.115 e. The molecule has 17 heavy (non-hydrogen) atoms. The predicted molar refractivity (Wildman–Crippen MR) is 65.6 cm³/mol. The number of fused-ring (bicyclic) bond motifs is 1. The van der Waals surface area contributed by atoms with E-state index in [4.69, 9.17) is 0 Å². The van der Waals surface area contributed by atoms with Crippen LogP contribution in [0.25, 0.3) is 16.6 Å². The first-order valence-corrected chi connectivity index (χ1v) is 5.60. The maximum atomic E-state index is 4.35. The van der Waals surface area contributed by atoms with Gasteiger partial charge in [0.15, 0.2) is 0 Å². The maximum Gasteiger partial charge on any atom is 0.115 e. The highest BCUT2D eigenvalue weighted by atomic mass is 15.2. The van der Waals surface area contributed by atoms with Crippen LogP contribution in [0.2, 0.25) is 0 Å². The topological polar surface area (TPSA) is 43.1 Å². The molecule has 3 heterocycles. The largest absolute Gasteiger partial charge is 0.244 e. The van der Waals surface area contributed by atoms with E-state index in [-0.39, 0.29) is 0 Å². The lowest BCUT2D eigenvalue weighted by molar-refractivity contribution is 0.962. The molecule has 0 aliphatic heterocycles. The number of hydrogen-bond acceptors (Lipinski definition) is 3. The van der Waals surface area contributed by atoms with Gasteiger partial charge < -0.3 is 0 Å². The average Bonchev–Trinajstić information content (AvgIpc) is 2.81. The number of aromatic nitrogens is 4. The molecule has 0 atom stereocenters. The Balaban J connectivity index is 2.15. The highest BCUT2D eigenvalue weighted by Gasteiger charge is 2.04. The van der Waals surface area contributed by atoms with E-state index < -0.39 is 0 Å². The van der Waals surface area contributed by atoms with E-state index in [1.807, 2.05) is 16.9 Å². The Labute approximate surface area is 99.0 Å². The van der Waals surface area contributed by atoms with Gasteiger partial charge in [-0.3, -0.25) is 0 Å². The summed E-state index contributed by atoms with van der Waals surface area (Å²) >= 11 is 0. The first kappa shape index (κ1) is 9.96. The zero-order chi connectivity index (χ0) is 11.7. The molecule has 0 radical (unpaired) electrons. The van der Waals surface area contributed by atoms with Crippen LogP contribution in [0.1, 0.15) is 12.5 Å². The lowest BCUT2D eigenvalue weighted by Gasteiger charge is -2.01. The summed E-state index contributed by atoms with van der Waals surface area (Å²) in [4.78, 5) is 8.04. The third-order valence-electron chi connectivity index (χ3n) is 2.87. The van der Waals surface area contributed by atoms with Gasteiger partial charge in [0.05, 0.1) is 11.7 Å². The predicted octanol–water partition coefficient (Wildman–Crippen LogP) is 2.35. The molecule has 0 aliphatic rings. The van der Waals surface area contributed by atoms with E-state index >= 15 is 0 Å². The van der Waals surface area contributed by atoms with Crippen molar-refractivity contribution in [3.05, 3.63) is 48.8 Å². The average molecular weight is 224 g/mol. The van der Waals surface area contributed by atoms with Crippen molar-refractivity contribution in [2.24, 2.45) is 0 Å². The SMILES string of the molecule is CCc1cnn2cc(-c3cncnc3)ccc12. The Morgan fingerprint density at radius 3 is 2.65 bits per heavy atom. The molecule has 4 heteroatoms. The van der Waals surface area contributed by atoms with E-state index in [0.29, 0.717) is 0 Å². The molecule has 0 aromatic carbocycles. The molecule has 0 bridgehead atoms. The van der Waals surface area contributed by atoms with Crippen LogP contribution in [0.15, 0.2) is 43.2 Å². The zero-order valence-electron chi connectivity index (χ0n) is 9.54. The summed E-state index contributed by atoms with van der Waals surface area (Å²) in [5.41, 5.74) is 4.50. The molecule has 0 unspecified atom stereocenters. The number of rotatable bonds is 2. The minimum absolute atomic E-state index is 0.997. The second-order valence-corrected chi connectivity index (χ2v) is 3.90. The molecular weight excluding hydrogens is 212 g/mol. The van der Waals surface area contributed by atoms with Gasteiger partial charge in [0.2, 0.25) is 0 Å². The summed E-state index contributed by atoms with van der Waals surface area (Å²) in [6.07, 6.45) is 10.1. The van der Waals surface area contributed by atoms with Crippen molar-refractivity contribution in [3.8, 4) is 11.1 Å². The van der Waals surface area contributed by atoms with E-state index in [1.165, 1.54) is 11.9 Å². The van der Waals surface area contributed by atoms with Crippen LogP contribution in [0.5, 0.6) is 0 Å². The summed E-state index contributed by atoms with van der Waals surface area (Å²) < 4.78 is 1.90. The van der Waals surface area contributed by atoms with Crippen LogP contribution < -0.4 is 0 Å². The highest BCUT2D eigenvalue weighted by molar-refractivity contribution is 5.65. The number of hydrogen-bond donors (Lipinski definition) is 0. The molecule has 0 fully saturated rings. The minimum atomic E-state index is 0.997. The minimum Gasteiger partial charge on any atom is -0.244 e. The fraction of sp³-hybridized carbons (Fsp3) is 0.154. The van der Waals surface area contributed by atoms with Crippen molar-refractivity contribution in [1.82, 2.24) is 19.6 Å². The summed E-state index contributed by atoms with van der Waals surface area (Å²) in [5.74, 6) is 0. The van der Waals surface area contributed by atoms with Gasteiger partial charge in [0, 0.05) is 29.7 Å². The van der Waals surface area contributed by atoms with E-state index in [0.717, 1.165) is 23.1 Å². The van der Waals surface area contributed by atoms with Crippen molar-refractivity contribution in [2.75, 3.05) is 0 Å². The molecule has 3 aromatic heterocycles. The van der Waals surface area contributed by atoms with E-state index in [2.05, 4.69) is 34.1 Å². The van der Waals surface area contributed by atoms with Gasteiger partial charge in [0.25, 0.3) is 0 Å². The highest BCUT2D eigenvalue weighted by Crippen LogP contribution is 2.19. The van der Waals surface area contributed by atoms with Crippen LogP contribution in [0, 0.1) is 0 Å². The number of pyridine rings is 1. The summed E-state index contributed by atoms with van der Waals surface area (Å²) in [7, 11) is 0. The van der Waals surface area contributed by atoms with Crippen LogP contribution in [0.4, 0.5) is 0 Å². The Hall–Kier alpha value is -2.23. The van der Waals surface area contributed by atoms with Gasteiger partial charge in [0.1, 0.15) is 6.33 Å². The normalized spacial score (nSPS) is 10.9. The third-order valence-corrected chi connectivity index (χ3v) is 2.87. The zero-order valence-corrected chi connectivity index (χ0v) is 9.54. The lowest BCUT2D eigenvalue weighted by Crippen LogP contribution is -1.90.